The number of ether oxygens (including phenoxy) is 1. The van der Waals surface area contributed by atoms with E-state index >= 15 is 0 Å². The van der Waals surface area contributed by atoms with Gasteiger partial charge in [0, 0.05) is 12.5 Å². The number of halogens is 1. The van der Waals surface area contributed by atoms with E-state index in [2.05, 4.69) is 15.3 Å². The number of nitrogens with zero attached hydrogens (tertiary/aromatic N) is 2. The quantitative estimate of drug-likeness (QED) is 0.815. The van der Waals surface area contributed by atoms with Crippen LogP contribution in [0.1, 0.15) is 38.5 Å². The number of anilines is 1. The fraction of sp³-hybridized carbons (Fsp3) is 0.643. The van der Waals surface area contributed by atoms with Crippen LogP contribution in [0.5, 0.6) is 5.88 Å². The number of hydrogen-bond acceptors (Lipinski definition) is 5. The van der Waals surface area contributed by atoms with Gasteiger partial charge >= 0.3 is 0 Å². The van der Waals surface area contributed by atoms with Gasteiger partial charge in [0.25, 0.3) is 0 Å². The zero-order valence-corrected chi connectivity index (χ0v) is 12.9. The Kier molecular flexibility index (Phi) is 5.36. The Morgan fingerprint density at radius 1 is 1.43 bits per heavy atom. The first-order valence-electron chi connectivity index (χ1n) is 7.15. The minimum atomic E-state index is -0.133. The Balaban J connectivity index is 2.02. The van der Waals surface area contributed by atoms with E-state index in [1.54, 1.807) is 0 Å². The molecule has 0 radical (unpaired) electrons. The topological polar surface area (TPSA) is 90.1 Å². The maximum atomic E-state index is 12.2. The van der Waals surface area contributed by atoms with Crippen molar-refractivity contribution in [3.05, 3.63) is 11.2 Å². The Labute approximate surface area is 129 Å². The van der Waals surface area contributed by atoms with Crippen molar-refractivity contribution < 1.29 is 9.53 Å². The first kappa shape index (κ1) is 16.0. The molecule has 21 heavy (non-hydrogen) atoms. The molecule has 0 aliphatic heterocycles. The van der Waals surface area contributed by atoms with E-state index in [4.69, 9.17) is 22.1 Å². The van der Waals surface area contributed by atoms with Gasteiger partial charge in [-0.1, -0.05) is 30.9 Å². The monoisotopic (exact) mass is 312 g/mol. The van der Waals surface area contributed by atoms with E-state index in [9.17, 15) is 4.79 Å². The van der Waals surface area contributed by atoms with Crippen molar-refractivity contribution in [2.75, 3.05) is 19.0 Å². The van der Waals surface area contributed by atoms with Crippen LogP contribution in [0.25, 0.3) is 0 Å². The number of nitrogens with one attached hydrogen (secondary N) is 1. The van der Waals surface area contributed by atoms with Crippen molar-refractivity contribution in [3.8, 4) is 5.88 Å². The van der Waals surface area contributed by atoms with Crippen LogP contribution in [0.2, 0.25) is 5.15 Å². The molecule has 2 rings (SSSR count). The molecule has 7 heteroatoms. The van der Waals surface area contributed by atoms with E-state index in [1.807, 2.05) is 0 Å². The number of amides is 1. The Morgan fingerprint density at radius 2 is 2.14 bits per heavy atom. The average Bonchev–Trinajstić information content (AvgIpc) is 2.47. The van der Waals surface area contributed by atoms with Crippen molar-refractivity contribution in [1.29, 1.82) is 0 Å². The van der Waals surface area contributed by atoms with Gasteiger partial charge < -0.3 is 10.5 Å². The number of nitrogens with two attached hydrogens (primary N) is 1. The predicted octanol–water partition coefficient (Wildman–Crippen LogP) is 2.38. The number of aromatic nitrogens is 2. The summed E-state index contributed by atoms with van der Waals surface area (Å²) < 4.78 is 5.00. The highest BCUT2D eigenvalue weighted by molar-refractivity contribution is 6.29. The average molecular weight is 313 g/mol. The molecule has 6 nitrogen and oxygen atoms in total. The summed E-state index contributed by atoms with van der Waals surface area (Å²) in [6.45, 7) is 0.528. The lowest BCUT2D eigenvalue weighted by atomic mass is 9.72. The lowest BCUT2D eigenvalue weighted by molar-refractivity contribution is -0.118. The molecule has 0 unspecified atom stereocenters. The highest BCUT2D eigenvalue weighted by Gasteiger charge is 2.33. The zero-order valence-electron chi connectivity index (χ0n) is 12.2. The molecule has 1 aromatic rings. The standard InChI is InChI=1S/C14H21ClN4O2/c1-21-12-7-10(15)17-13(19-12)18-11(20)8-14(9-16)5-3-2-4-6-14/h7H,2-6,8-9,16H2,1H3,(H,17,18,19,20). The SMILES string of the molecule is COc1cc(Cl)nc(NC(=O)CC2(CN)CCCCC2)n1. The molecule has 1 aliphatic carbocycles. The second-order valence-corrected chi connectivity index (χ2v) is 5.93. The van der Waals surface area contributed by atoms with Gasteiger partial charge in [0.2, 0.25) is 17.7 Å². The summed E-state index contributed by atoms with van der Waals surface area (Å²) >= 11 is 5.86. The van der Waals surface area contributed by atoms with Gasteiger partial charge in [-0.15, -0.1) is 0 Å². The third kappa shape index (κ3) is 4.28. The summed E-state index contributed by atoms with van der Waals surface area (Å²) in [4.78, 5) is 20.3. The molecule has 116 valence electrons. The molecule has 1 heterocycles. The third-order valence-electron chi connectivity index (χ3n) is 4.01. The fourth-order valence-corrected chi connectivity index (χ4v) is 3.00. The summed E-state index contributed by atoms with van der Waals surface area (Å²) in [5, 5.41) is 2.91. The van der Waals surface area contributed by atoms with E-state index in [1.165, 1.54) is 19.6 Å². The van der Waals surface area contributed by atoms with Crippen LogP contribution in [-0.2, 0) is 4.79 Å². The van der Waals surface area contributed by atoms with Gasteiger partial charge in [-0.25, -0.2) is 4.98 Å². The number of carbonyl (C=O) groups is 1. The Morgan fingerprint density at radius 3 is 2.76 bits per heavy atom. The lowest BCUT2D eigenvalue weighted by Gasteiger charge is -2.35. The van der Waals surface area contributed by atoms with Crippen molar-refractivity contribution in [1.82, 2.24) is 9.97 Å². The molecule has 0 aromatic carbocycles. The van der Waals surface area contributed by atoms with Crippen LogP contribution in [0, 0.1) is 5.41 Å². The van der Waals surface area contributed by atoms with Crippen molar-refractivity contribution in [2.45, 2.75) is 38.5 Å². The van der Waals surface area contributed by atoms with Crippen LogP contribution < -0.4 is 15.8 Å². The highest BCUT2D eigenvalue weighted by Crippen LogP contribution is 2.38. The molecule has 1 aromatic heterocycles. The number of carbonyl (C=O) groups excluding carboxylic acids is 1. The zero-order chi connectivity index (χ0) is 15.3. The molecule has 0 bridgehead atoms. The molecule has 1 amide bonds. The highest BCUT2D eigenvalue weighted by atomic mass is 35.5. The molecule has 1 saturated carbocycles. The Bertz CT molecular complexity index is 504. The third-order valence-corrected chi connectivity index (χ3v) is 4.21. The molecule has 1 fully saturated rings. The largest absolute Gasteiger partial charge is 0.481 e. The van der Waals surface area contributed by atoms with E-state index < -0.39 is 0 Å². The first-order valence-corrected chi connectivity index (χ1v) is 7.53. The maximum absolute atomic E-state index is 12.2. The minimum Gasteiger partial charge on any atom is -0.481 e. The van der Waals surface area contributed by atoms with E-state index in [0.717, 1.165) is 25.7 Å². The first-order chi connectivity index (χ1) is 10.1. The number of methoxy groups -OCH3 is 1. The molecular formula is C14H21ClN4O2. The van der Waals surface area contributed by atoms with E-state index in [-0.39, 0.29) is 22.4 Å². The smallest absolute Gasteiger partial charge is 0.234 e. The minimum absolute atomic E-state index is 0.0923. The number of hydrogen-bond donors (Lipinski definition) is 2. The normalized spacial score (nSPS) is 17.3. The summed E-state index contributed by atoms with van der Waals surface area (Å²) in [6.07, 6.45) is 5.87. The predicted molar refractivity (Wildman–Crippen MR) is 81.4 cm³/mol. The van der Waals surface area contributed by atoms with Crippen LogP contribution in [0.3, 0.4) is 0 Å². The van der Waals surface area contributed by atoms with Gasteiger partial charge in [-0.05, 0) is 24.8 Å². The van der Waals surface area contributed by atoms with Gasteiger partial charge in [-0.3, -0.25) is 10.1 Å². The molecular weight excluding hydrogens is 292 g/mol. The molecule has 0 saturated heterocycles. The van der Waals surface area contributed by atoms with Crippen molar-refractivity contribution in [2.24, 2.45) is 11.1 Å². The van der Waals surface area contributed by atoms with Gasteiger partial charge in [0.15, 0.2) is 0 Å². The van der Waals surface area contributed by atoms with Crippen LogP contribution in [0.15, 0.2) is 6.07 Å². The number of rotatable bonds is 5. The summed E-state index contributed by atoms with van der Waals surface area (Å²) in [7, 11) is 1.48. The summed E-state index contributed by atoms with van der Waals surface area (Å²) in [5.41, 5.74) is 5.81. The fourth-order valence-electron chi connectivity index (χ4n) is 2.82. The van der Waals surface area contributed by atoms with Crippen LogP contribution >= 0.6 is 11.6 Å². The van der Waals surface area contributed by atoms with Crippen molar-refractivity contribution >= 4 is 23.5 Å². The second kappa shape index (κ2) is 7.04. The Hall–Kier alpha value is -1.40. The molecule has 0 spiro atoms. The van der Waals surface area contributed by atoms with E-state index in [0.29, 0.717) is 18.8 Å². The summed E-state index contributed by atoms with van der Waals surface area (Å²) in [6, 6.07) is 1.49. The van der Waals surface area contributed by atoms with Gasteiger partial charge in [-0.2, -0.15) is 4.98 Å². The van der Waals surface area contributed by atoms with Gasteiger partial charge in [0.05, 0.1) is 7.11 Å². The molecule has 1 aliphatic rings. The maximum Gasteiger partial charge on any atom is 0.234 e. The van der Waals surface area contributed by atoms with Crippen LogP contribution in [0.4, 0.5) is 5.95 Å². The summed E-state index contributed by atoms with van der Waals surface area (Å²) in [5.74, 6) is 0.343. The molecule has 3 N–H and O–H groups in total. The van der Waals surface area contributed by atoms with Gasteiger partial charge in [0.1, 0.15) is 5.15 Å². The lowest BCUT2D eigenvalue weighted by Crippen LogP contribution is -2.36. The van der Waals surface area contributed by atoms with Crippen LogP contribution in [-0.4, -0.2) is 29.5 Å². The molecule has 0 atom stereocenters. The van der Waals surface area contributed by atoms with Crippen molar-refractivity contribution in [3.63, 3.8) is 0 Å². The second-order valence-electron chi connectivity index (χ2n) is 5.55.